The van der Waals surface area contributed by atoms with Gasteiger partial charge in [-0.2, -0.15) is 0 Å². The van der Waals surface area contributed by atoms with Gasteiger partial charge in [-0.3, -0.25) is 4.79 Å². The van der Waals surface area contributed by atoms with E-state index in [0.717, 1.165) is 5.01 Å². The van der Waals surface area contributed by atoms with Crippen molar-refractivity contribution in [3.63, 3.8) is 0 Å². The second-order valence-electron chi connectivity index (χ2n) is 4.69. The molecule has 0 amide bonds. The summed E-state index contributed by atoms with van der Waals surface area (Å²) in [6.45, 7) is 4.54. The Bertz CT molecular complexity index is 369. The van der Waals surface area contributed by atoms with Gasteiger partial charge in [0.05, 0.1) is 18.7 Å². The topological polar surface area (TPSA) is 42.0 Å². The molecule has 1 aromatic heterocycles. The standard InChI is InChI=1S/C12H18N2OS/c1-8(2)13-6-10(15)5-12-14-11(7-16-12)9-3-4-9/h7-9,13H,3-6H2,1-2H3. The summed E-state index contributed by atoms with van der Waals surface area (Å²) in [5.74, 6) is 0.916. The lowest BCUT2D eigenvalue weighted by molar-refractivity contribution is -0.117. The monoisotopic (exact) mass is 238 g/mol. The summed E-state index contributed by atoms with van der Waals surface area (Å²) >= 11 is 1.62. The van der Waals surface area contributed by atoms with Gasteiger partial charge in [-0.15, -0.1) is 11.3 Å². The second kappa shape index (κ2) is 5.06. The van der Waals surface area contributed by atoms with Gasteiger partial charge in [0.15, 0.2) is 5.78 Å². The lowest BCUT2D eigenvalue weighted by Crippen LogP contribution is -2.29. The number of thiazole rings is 1. The molecular weight excluding hydrogens is 220 g/mol. The Balaban J connectivity index is 1.80. The Morgan fingerprint density at radius 1 is 1.62 bits per heavy atom. The van der Waals surface area contributed by atoms with Crippen LogP contribution >= 0.6 is 11.3 Å². The molecule has 88 valence electrons. The molecule has 1 N–H and O–H groups in total. The fourth-order valence-corrected chi connectivity index (χ4v) is 2.43. The van der Waals surface area contributed by atoms with Gasteiger partial charge < -0.3 is 5.32 Å². The third-order valence-electron chi connectivity index (χ3n) is 2.62. The smallest absolute Gasteiger partial charge is 0.153 e. The van der Waals surface area contributed by atoms with E-state index in [1.807, 2.05) is 13.8 Å². The molecule has 16 heavy (non-hydrogen) atoms. The third kappa shape index (κ3) is 3.39. The minimum Gasteiger partial charge on any atom is -0.308 e. The van der Waals surface area contributed by atoms with Gasteiger partial charge in [-0.1, -0.05) is 13.8 Å². The molecule has 1 aliphatic carbocycles. The highest BCUT2D eigenvalue weighted by molar-refractivity contribution is 7.09. The van der Waals surface area contributed by atoms with E-state index in [9.17, 15) is 4.79 Å². The summed E-state index contributed by atoms with van der Waals surface area (Å²) in [6.07, 6.45) is 3.02. The minimum atomic E-state index is 0.227. The summed E-state index contributed by atoms with van der Waals surface area (Å²) in [7, 11) is 0. The summed E-state index contributed by atoms with van der Waals surface area (Å²) in [5.41, 5.74) is 1.20. The Morgan fingerprint density at radius 2 is 2.38 bits per heavy atom. The number of rotatable bonds is 6. The number of hydrogen-bond acceptors (Lipinski definition) is 4. The van der Waals surface area contributed by atoms with Crippen molar-refractivity contribution in [3.8, 4) is 0 Å². The molecule has 3 nitrogen and oxygen atoms in total. The number of nitrogens with one attached hydrogen (secondary N) is 1. The number of hydrogen-bond donors (Lipinski definition) is 1. The maximum atomic E-state index is 11.6. The molecule has 1 aliphatic rings. The van der Waals surface area contributed by atoms with Crippen molar-refractivity contribution >= 4 is 17.1 Å². The number of aromatic nitrogens is 1. The first-order valence-corrected chi connectivity index (χ1v) is 6.72. The molecule has 0 aromatic carbocycles. The zero-order chi connectivity index (χ0) is 11.5. The minimum absolute atomic E-state index is 0.227. The number of nitrogens with zero attached hydrogens (tertiary/aromatic N) is 1. The lowest BCUT2D eigenvalue weighted by atomic mass is 10.2. The van der Waals surface area contributed by atoms with E-state index in [1.54, 1.807) is 11.3 Å². The first kappa shape index (κ1) is 11.7. The van der Waals surface area contributed by atoms with E-state index in [-0.39, 0.29) is 5.78 Å². The van der Waals surface area contributed by atoms with Crippen molar-refractivity contribution in [2.75, 3.05) is 6.54 Å². The zero-order valence-electron chi connectivity index (χ0n) is 9.82. The molecule has 0 bridgehead atoms. The van der Waals surface area contributed by atoms with Gasteiger partial charge in [0.2, 0.25) is 0 Å². The summed E-state index contributed by atoms with van der Waals surface area (Å²) in [4.78, 5) is 16.1. The van der Waals surface area contributed by atoms with Crippen LogP contribution in [0.4, 0.5) is 0 Å². The maximum absolute atomic E-state index is 11.6. The Labute approximate surface area is 100 Å². The third-order valence-corrected chi connectivity index (χ3v) is 3.49. The van der Waals surface area contributed by atoms with Crippen LogP contribution in [-0.2, 0) is 11.2 Å². The molecule has 1 fully saturated rings. The van der Waals surface area contributed by atoms with Crippen LogP contribution in [0.15, 0.2) is 5.38 Å². The van der Waals surface area contributed by atoms with Crippen molar-refractivity contribution in [1.82, 2.24) is 10.3 Å². The van der Waals surface area contributed by atoms with Crippen molar-refractivity contribution in [1.29, 1.82) is 0 Å². The molecule has 1 saturated carbocycles. The molecule has 1 heterocycles. The number of carbonyl (C=O) groups excluding carboxylic acids is 1. The summed E-state index contributed by atoms with van der Waals surface area (Å²) in [6, 6.07) is 0.363. The van der Waals surface area contributed by atoms with E-state index in [1.165, 1.54) is 18.5 Å². The SMILES string of the molecule is CC(C)NCC(=O)Cc1nc(C2CC2)cs1. The molecule has 0 saturated heterocycles. The van der Waals surface area contributed by atoms with Crippen LogP contribution in [0.5, 0.6) is 0 Å². The highest BCUT2D eigenvalue weighted by Crippen LogP contribution is 2.40. The molecule has 0 aliphatic heterocycles. The highest BCUT2D eigenvalue weighted by Gasteiger charge is 2.26. The average molecular weight is 238 g/mol. The fraction of sp³-hybridized carbons (Fsp3) is 0.667. The average Bonchev–Trinajstić information content (AvgIpc) is 2.98. The van der Waals surface area contributed by atoms with E-state index < -0.39 is 0 Å². The van der Waals surface area contributed by atoms with Crippen LogP contribution in [0.3, 0.4) is 0 Å². The molecular formula is C12H18N2OS. The fourth-order valence-electron chi connectivity index (χ4n) is 1.52. The Kier molecular flexibility index (Phi) is 3.71. The van der Waals surface area contributed by atoms with Gasteiger partial charge in [0.1, 0.15) is 5.01 Å². The van der Waals surface area contributed by atoms with E-state index in [0.29, 0.717) is 24.9 Å². The molecule has 0 spiro atoms. The molecule has 2 rings (SSSR count). The lowest BCUT2D eigenvalue weighted by Gasteiger charge is -2.05. The number of carbonyl (C=O) groups is 1. The van der Waals surface area contributed by atoms with Crippen LogP contribution in [0.2, 0.25) is 0 Å². The van der Waals surface area contributed by atoms with Gasteiger partial charge in [0, 0.05) is 17.3 Å². The van der Waals surface area contributed by atoms with Gasteiger partial charge in [0.25, 0.3) is 0 Å². The Hall–Kier alpha value is -0.740. The predicted octanol–water partition coefficient (Wildman–Crippen LogP) is 2.13. The van der Waals surface area contributed by atoms with E-state index >= 15 is 0 Å². The zero-order valence-corrected chi connectivity index (χ0v) is 10.6. The summed E-state index contributed by atoms with van der Waals surface area (Å²) in [5, 5.41) is 6.21. The van der Waals surface area contributed by atoms with Crippen molar-refractivity contribution in [3.05, 3.63) is 16.1 Å². The first-order chi connectivity index (χ1) is 7.65. The normalized spacial score (nSPS) is 15.7. The van der Waals surface area contributed by atoms with Crippen LogP contribution in [0, 0.1) is 0 Å². The second-order valence-corrected chi connectivity index (χ2v) is 5.63. The van der Waals surface area contributed by atoms with E-state index in [4.69, 9.17) is 0 Å². The number of ketones is 1. The molecule has 1 aromatic rings. The van der Waals surface area contributed by atoms with Gasteiger partial charge in [-0.25, -0.2) is 4.98 Å². The molecule has 0 atom stereocenters. The van der Waals surface area contributed by atoms with Crippen molar-refractivity contribution in [2.24, 2.45) is 0 Å². The highest BCUT2D eigenvalue weighted by atomic mass is 32.1. The van der Waals surface area contributed by atoms with Gasteiger partial charge >= 0.3 is 0 Å². The van der Waals surface area contributed by atoms with Crippen molar-refractivity contribution < 1.29 is 4.79 Å². The number of Topliss-reactive ketones (excluding diaryl/α,β-unsaturated/α-hetero) is 1. The van der Waals surface area contributed by atoms with Crippen LogP contribution in [0.25, 0.3) is 0 Å². The van der Waals surface area contributed by atoms with Crippen molar-refractivity contribution in [2.45, 2.75) is 45.1 Å². The molecule has 0 radical (unpaired) electrons. The summed E-state index contributed by atoms with van der Waals surface area (Å²) < 4.78 is 0. The Morgan fingerprint density at radius 3 is 3.00 bits per heavy atom. The maximum Gasteiger partial charge on any atom is 0.153 e. The predicted molar refractivity (Wildman–Crippen MR) is 65.9 cm³/mol. The quantitative estimate of drug-likeness (QED) is 0.825. The molecule has 4 heteroatoms. The van der Waals surface area contributed by atoms with Crippen LogP contribution in [-0.4, -0.2) is 23.4 Å². The van der Waals surface area contributed by atoms with Crippen LogP contribution < -0.4 is 5.32 Å². The van der Waals surface area contributed by atoms with E-state index in [2.05, 4.69) is 15.7 Å². The van der Waals surface area contributed by atoms with Crippen LogP contribution in [0.1, 0.15) is 43.3 Å². The largest absolute Gasteiger partial charge is 0.308 e. The first-order valence-electron chi connectivity index (χ1n) is 5.84. The molecule has 0 unspecified atom stereocenters. The van der Waals surface area contributed by atoms with Gasteiger partial charge in [-0.05, 0) is 12.8 Å².